The smallest absolute Gasteiger partial charge is 0.136 e. The average molecular weight is 616 g/mol. The van der Waals surface area contributed by atoms with Crippen LogP contribution in [0.15, 0.2) is 108 Å². The zero-order valence-electron chi connectivity index (χ0n) is 27.9. The van der Waals surface area contributed by atoms with E-state index in [-0.39, 0.29) is 5.41 Å². The maximum Gasteiger partial charge on any atom is 0.136 e. The summed E-state index contributed by atoms with van der Waals surface area (Å²) >= 11 is 0. The molecule has 0 amide bonds. The molecule has 0 aliphatic heterocycles. The fourth-order valence-electron chi connectivity index (χ4n) is 9.19. The number of hydrogen-bond donors (Lipinski definition) is 0. The molecule has 1 aromatic heterocycles. The maximum atomic E-state index is 6.34. The molecule has 2 nitrogen and oxygen atoms in total. The van der Waals surface area contributed by atoms with Crippen molar-refractivity contribution in [1.29, 1.82) is 0 Å². The van der Waals surface area contributed by atoms with E-state index in [0.717, 1.165) is 11.2 Å². The van der Waals surface area contributed by atoms with Gasteiger partial charge in [0.05, 0.1) is 0 Å². The third-order valence-electron chi connectivity index (χ3n) is 11.9. The fraction of sp³-hybridized carbons (Fsp3) is 0.333. The highest BCUT2D eigenvalue weighted by molar-refractivity contribution is 6.07. The summed E-state index contributed by atoms with van der Waals surface area (Å²) in [5.74, 6) is 1.41. The van der Waals surface area contributed by atoms with Crippen LogP contribution in [0.25, 0.3) is 33.1 Å². The molecule has 9 rings (SSSR count). The molecule has 3 aliphatic rings. The number of furan rings is 1. The predicted octanol–water partition coefficient (Wildman–Crippen LogP) is 13.5. The summed E-state index contributed by atoms with van der Waals surface area (Å²) < 4.78 is 6.34. The Morgan fingerprint density at radius 1 is 0.511 bits per heavy atom. The normalized spacial score (nSPS) is 18.0. The van der Waals surface area contributed by atoms with E-state index in [0.29, 0.717) is 11.8 Å². The molecule has 47 heavy (non-hydrogen) atoms. The van der Waals surface area contributed by atoms with Gasteiger partial charge in [0.1, 0.15) is 11.2 Å². The summed E-state index contributed by atoms with van der Waals surface area (Å²) in [6, 6.07) is 39.3. The number of hydrogen-bond acceptors (Lipinski definition) is 2. The van der Waals surface area contributed by atoms with Crippen molar-refractivity contribution < 1.29 is 4.42 Å². The molecule has 2 heteroatoms. The van der Waals surface area contributed by atoms with E-state index in [1.54, 1.807) is 0 Å². The molecule has 236 valence electrons. The van der Waals surface area contributed by atoms with Crippen molar-refractivity contribution >= 4 is 39.0 Å². The lowest BCUT2D eigenvalue weighted by Gasteiger charge is -2.29. The lowest BCUT2D eigenvalue weighted by atomic mass is 9.82. The summed E-state index contributed by atoms with van der Waals surface area (Å²) in [6.07, 6.45) is 13.5. The van der Waals surface area contributed by atoms with Gasteiger partial charge in [0.25, 0.3) is 0 Å². The number of benzene rings is 5. The molecule has 1 heterocycles. The summed E-state index contributed by atoms with van der Waals surface area (Å²) in [6.45, 7) is 4.77. The van der Waals surface area contributed by atoms with E-state index in [1.807, 2.05) is 0 Å². The second kappa shape index (κ2) is 11.4. The Morgan fingerprint density at radius 3 is 1.68 bits per heavy atom. The van der Waals surface area contributed by atoms with E-state index in [1.165, 1.54) is 125 Å². The van der Waals surface area contributed by atoms with Crippen molar-refractivity contribution in [3.05, 3.63) is 125 Å². The number of fused-ring (bicyclic) bond motifs is 6. The number of rotatable bonds is 5. The Bertz CT molecular complexity index is 2010. The van der Waals surface area contributed by atoms with Crippen LogP contribution in [0.5, 0.6) is 0 Å². The van der Waals surface area contributed by atoms with Gasteiger partial charge in [-0.3, -0.25) is 0 Å². The standard InChI is InChI=1S/C45H45NO/c1-45(2)41-27-36(25-26-37(41)39-29-44-40(28-42(39)45)38-15-9-10-16-43(38)47-44)46(34-21-17-32(18-22-34)30-11-5-3-6-12-30)35-23-19-33(20-24-35)31-13-7-4-8-14-31/h9-10,15-31H,3-8,11-14H2,1-2H3. The van der Waals surface area contributed by atoms with Crippen LogP contribution in [0, 0.1) is 0 Å². The molecule has 0 radical (unpaired) electrons. The second-order valence-electron chi connectivity index (χ2n) is 15.0. The molecular weight excluding hydrogens is 571 g/mol. The van der Waals surface area contributed by atoms with E-state index >= 15 is 0 Å². The molecule has 2 saturated carbocycles. The van der Waals surface area contributed by atoms with Gasteiger partial charge >= 0.3 is 0 Å². The quantitative estimate of drug-likeness (QED) is 0.192. The molecular formula is C45H45NO. The average Bonchev–Trinajstić information content (AvgIpc) is 3.60. The zero-order valence-corrected chi connectivity index (χ0v) is 27.9. The Kier molecular flexibility index (Phi) is 7.03. The SMILES string of the molecule is CC1(C)c2cc(N(c3ccc(C4CCCCC4)cc3)c3ccc(C4CCCCC4)cc3)ccc2-c2cc3oc4ccccc4c3cc21. The molecule has 0 unspecified atom stereocenters. The molecule has 5 aromatic carbocycles. The highest BCUT2D eigenvalue weighted by Crippen LogP contribution is 2.52. The van der Waals surface area contributed by atoms with Crippen LogP contribution in [0.3, 0.4) is 0 Å². The van der Waals surface area contributed by atoms with Crippen LogP contribution < -0.4 is 4.90 Å². The van der Waals surface area contributed by atoms with Gasteiger partial charge in [0.2, 0.25) is 0 Å². The van der Waals surface area contributed by atoms with Crippen molar-refractivity contribution in [2.24, 2.45) is 0 Å². The highest BCUT2D eigenvalue weighted by Gasteiger charge is 2.37. The Labute approximate surface area is 279 Å². The Morgan fingerprint density at radius 2 is 1.06 bits per heavy atom. The van der Waals surface area contributed by atoms with Gasteiger partial charge < -0.3 is 9.32 Å². The van der Waals surface area contributed by atoms with Crippen molar-refractivity contribution in [2.75, 3.05) is 4.90 Å². The van der Waals surface area contributed by atoms with Crippen LogP contribution in [0.2, 0.25) is 0 Å². The number of para-hydroxylation sites is 1. The minimum Gasteiger partial charge on any atom is -0.456 e. The number of anilines is 3. The van der Waals surface area contributed by atoms with Crippen LogP contribution in [0.4, 0.5) is 17.1 Å². The molecule has 0 bridgehead atoms. The minimum absolute atomic E-state index is 0.130. The highest BCUT2D eigenvalue weighted by atomic mass is 16.3. The summed E-state index contributed by atoms with van der Waals surface area (Å²) in [4.78, 5) is 2.48. The first-order valence-corrected chi connectivity index (χ1v) is 18.2. The van der Waals surface area contributed by atoms with Gasteiger partial charge in [-0.25, -0.2) is 0 Å². The molecule has 2 fully saturated rings. The van der Waals surface area contributed by atoms with E-state index in [4.69, 9.17) is 4.42 Å². The Balaban J connectivity index is 1.13. The molecule has 3 aliphatic carbocycles. The minimum atomic E-state index is -0.130. The first-order valence-electron chi connectivity index (χ1n) is 18.2. The van der Waals surface area contributed by atoms with Gasteiger partial charge in [0.15, 0.2) is 0 Å². The van der Waals surface area contributed by atoms with Gasteiger partial charge in [0, 0.05) is 33.2 Å². The fourth-order valence-corrected chi connectivity index (χ4v) is 9.19. The van der Waals surface area contributed by atoms with Crippen LogP contribution in [0.1, 0.15) is 112 Å². The topological polar surface area (TPSA) is 16.4 Å². The third-order valence-corrected chi connectivity index (χ3v) is 11.9. The first-order chi connectivity index (χ1) is 23.0. The maximum absolute atomic E-state index is 6.34. The monoisotopic (exact) mass is 615 g/mol. The van der Waals surface area contributed by atoms with E-state index in [9.17, 15) is 0 Å². The largest absolute Gasteiger partial charge is 0.456 e. The zero-order chi connectivity index (χ0) is 31.5. The third kappa shape index (κ3) is 4.91. The molecule has 6 aromatic rings. The van der Waals surface area contributed by atoms with Crippen molar-refractivity contribution in [1.82, 2.24) is 0 Å². The molecule has 0 atom stereocenters. The second-order valence-corrected chi connectivity index (χ2v) is 15.0. The van der Waals surface area contributed by atoms with E-state index < -0.39 is 0 Å². The van der Waals surface area contributed by atoms with Gasteiger partial charge in [-0.05, 0) is 125 Å². The molecule has 0 saturated heterocycles. The van der Waals surface area contributed by atoms with Crippen molar-refractivity contribution in [3.8, 4) is 11.1 Å². The van der Waals surface area contributed by atoms with Crippen LogP contribution in [-0.2, 0) is 5.41 Å². The van der Waals surface area contributed by atoms with Crippen LogP contribution >= 0.6 is 0 Å². The molecule has 0 spiro atoms. The predicted molar refractivity (Wildman–Crippen MR) is 198 cm³/mol. The number of nitrogens with zero attached hydrogens (tertiary/aromatic N) is 1. The van der Waals surface area contributed by atoms with E-state index in [2.05, 4.69) is 122 Å². The summed E-state index contributed by atoms with van der Waals surface area (Å²) in [5, 5.41) is 2.40. The van der Waals surface area contributed by atoms with Crippen LogP contribution in [-0.4, -0.2) is 0 Å². The van der Waals surface area contributed by atoms with Gasteiger partial charge in [-0.15, -0.1) is 0 Å². The lowest BCUT2D eigenvalue weighted by Crippen LogP contribution is -2.16. The lowest BCUT2D eigenvalue weighted by molar-refractivity contribution is 0.443. The van der Waals surface area contributed by atoms with Gasteiger partial charge in [-0.1, -0.05) is 101 Å². The summed E-state index contributed by atoms with van der Waals surface area (Å²) in [7, 11) is 0. The van der Waals surface area contributed by atoms with Crippen molar-refractivity contribution in [2.45, 2.75) is 95.3 Å². The molecule has 0 N–H and O–H groups in total. The summed E-state index contributed by atoms with van der Waals surface area (Å²) in [5.41, 5.74) is 13.8. The first kappa shape index (κ1) is 28.9. The van der Waals surface area contributed by atoms with Gasteiger partial charge in [-0.2, -0.15) is 0 Å². The Hall–Kier alpha value is -4.30. The van der Waals surface area contributed by atoms with Crippen molar-refractivity contribution in [3.63, 3.8) is 0 Å².